The highest BCUT2D eigenvalue weighted by Crippen LogP contribution is 2.22. The summed E-state index contributed by atoms with van der Waals surface area (Å²) in [5.74, 6) is 0.883. The minimum absolute atomic E-state index is 0.202. The van der Waals surface area contributed by atoms with Gasteiger partial charge in [0.25, 0.3) is 0 Å². The molecule has 1 aromatic heterocycles. The average Bonchev–Trinajstić information content (AvgIpc) is 3.14. The Morgan fingerprint density at radius 3 is 2.59 bits per heavy atom. The van der Waals surface area contributed by atoms with Crippen LogP contribution in [-0.2, 0) is 11.3 Å². The van der Waals surface area contributed by atoms with Gasteiger partial charge in [0.15, 0.2) is 0 Å². The Labute approximate surface area is 131 Å². The van der Waals surface area contributed by atoms with Crippen LogP contribution in [0, 0.1) is 5.92 Å². The second-order valence-electron chi connectivity index (χ2n) is 6.50. The molecule has 2 aliphatic heterocycles. The normalized spacial score (nSPS) is 27.5. The van der Waals surface area contributed by atoms with Crippen molar-refractivity contribution in [3.8, 4) is 0 Å². The molecule has 1 aromatic rings. The minimum Gasteiger partial charge on any atom is -0.340 e. The first-order valence-corrected chi connectivity index (χ1v) is 8.18. The lowest BCUT2D eigenvalue weighted by Gasteiger charge is -2.39. The number of nitrogens with zero attached hydrogens (tertiary/aromatic N) is 6. The molecule has 0 N–H and O–H groups in total. The molecule has 0 unspecified atom stereocenters. The maximum Gasteiger partial charge on any atom is 0.219 e. The van der Waals surface area contributed by atoms with E-state index < -0.39 is 0 Å². The van der Waals surface area contributed by atoms with Gasteiger partial charge in [-0.3, -0.25) is 19.3 Å². The van der Waals surface area contributed by atoms with E-state index in [1.54, 1.807) is 19.6 Å². The quantitative estimate of drug-likeness (QED) is 0.769. The molecule has 0 saturated carbocycles. The van der Waals surface area contributed by atoms with Crippen molar-refractivity contribution in [2.45, 2.75) is 26.4 Å². The highest BCUT2D eigenvalue weighted by molar-refractivity contribution is 5.73. The summed E-state index contributed by atoms with van der Waals surface area (Å²) in [6.45, 7) is 12.0. The first kappa shape index (κ1) is 15.4. The van der Waals surface area contributed by atoms with Crippen LogP contribution in [0.4, 0.5) is 0 Å². The predicted molar refractivity (Wildman–Crippen MR) is 83.2 cm³/mol. The number of hydrogen-bond donors (Lipinski definition) is 0. The Kier molecular flexibility index (Phi) is 4.73. The number of piperazine rings is 1. The van der Waals surface area contributed by atoms with Gasteiger partial charge in [-0.2, -0.15) is 5.10 Å². The molecule has 0 spiro atoms. The molecule has 2 atom stereocenters. The van der Waals surface area contributed by atoms with E-state index in [0.717, 1.165) is 52.4 Å². The summed E-state index contributed by atoms with van der Waals surface area (Å²) in [5.41, 5.74) is 0. The van der Waals surface area contributed by atoms with E-state index in [-0.39, 0.29) is 5.91 Å². The second-order valence-corrected chi connectivity index (χ2v) is 6.50. The van der Waals surface area contributed by atoms with Crippen molar-refractivity contribution in [1.82, 2.24) is 29.5 Å². The fourth-order valence-corrected chi connectivity index (χ4v) is 3.67. The van der Waals surface area contributed by atoms with Gasteiger partial charge >= 0.3 is 0 Å². The number of rotatable bonds is 4. The first-order chi connectivity index (χ1) is 10.6. The zero-order chi connectivity index (χ0) is 15.5. The van der Waals surface area contributed by atoms with Crippen LogP contribution < -0.4 is 0 Å². The molecule has 0 bridgehead atoms. The molecular formula is C15H26N6O. The van der Waals surface area contributed by atoms with E-state index in [9.17, 15) is 4.79 Å². The predicted octanol–water partition coefficient (Wildman–Crippen LogP) is -0.237. The van der Waals surface area contributed by atoms with Gasteiger partial charge in [-0.15, -0.1) is 0 Å². The summed E-state index contributed by atoms with van der Waals surface area (Å²) < 4.78 is 1.89. The van der Waals surface area contributed by atoms with Crippen LogP contribution in [0.25, 0.3) is 0 Å². The Balaban J connectivity index is 1.48. The van der Waals surface area contributed by atoms with Gasteiger partial charge < -0.3 is 4.90 Å². The van der Waals surface area contributed by atoms with E-state index in [1.165, 1.54) is 0 Å². The fourth-order valence-electron chi connectivity index (χ4n) is 3.67. The van der Waals surface area contributed by atoms with Crippen molar-refractivity contribution in [3.63, 3.8) is 0 Å². The smallest absolute Gasteiger partial charge is 0.219 e. The van der Waals surface area contributed by atoms with Crippen LogP contribution in [0.5, 0.6) is 0 Å². The largest absolute Gasteiger partial charge is 0.340 e. The van der Waals surface area contributed by atoms with Gasteiger partial charge in [0, 0.05) is 58.8 Å². The Morgan fingerprint density at radius 2 is 1.95 bits per heavy atom. The standard InChI is InChI=1S/C15H26N6O/c1-13-9-18(3-8-21-12-16-11-17-21)10-15(13)20-6-4-19(5-7-20)14(2)22/h11-13,15H,3-10H2,1-2H3/t13-,15+/m1/s1. The van der Waals surface area contributed by atoms with Gasteiger partial charge in [0.1, 0.15) is 12.7 Å². The van der Waals surface area contributed by atoms with Crippen LogP contribution in [0.15, 0.2) is 12.7 Å². The molecule has 1 amide bonds. The third kappa shape index (κ3) is 3.47. The van der Waals surface area contributed by atoms with Crippen LogP contribution in [-0.4, -0.2) is 87.2 Å². The molecule has 7 heteroatoms. The van der Waals surface area contributed by atoms with Crippen molar-refractivity contribution in [2.75, 3.05) is 45.8 Å². The van der Waals surface area contributed by atoms with Crippen molar-refractivity contribution in [1.29, 1.82) is 0 Å². The second kappa shape index (κ2) is 6.75. The van der Waals surface area contributed by atoms with Gasteiger partial charge in [0.2, 0.25) is 5.91 Å². The van der Waals surface area contributed by atoms with Gasteiger partial charge in [-0.1, -0.05) is 6.92 Å². The summed E-state index contributed by atoms with van der Waals surface area (Å²) in [6.07, 6.45) is 3.36. The summed E-state index contributed by atoms with van der Waals surface area (Å²) in [7, 11) is 0. The topological polar surface area (TPSA) is 57.5 Å². The van der Waals surface area contributed by atoms with Crippen LogP contribution in [0.2, 0.25) is 0 Å². The molecule has 122 valence electrons. The molecule has 0 aliphatic carbocycles. The lowest BCUT2D eigenvalue weighted by Crippen LogP contribution is -2.53. The molecular weight excluding hydrogens is 280 g/mol. The van der Waals surface area contributed by atoms with Crippen LogP contribution in [0.1, 0.15) is 13.8 Å². The van der Waals surface area contributed by atoms with Crippen molar-refractivity contribution < 1.29 is 4.79 Å². The lowest BCUT2D eigenvalue weighted by molar-refractivity contribution is -0.130. The highest BCUT2D eigenvalue weighted by Gasteiger charge is 2.35. The van der Waals surface area contributed by atoms with E-state index in [2.05, 4.69) is 26.8 Å². The molecule has 3 rings (SSSR count). The lowest BCUT2D eigenvalue weighted by atomic mass is 10.0. The number of likely N-dealkylation sites (tertiary alicyclic amines) is 1. The summed E-state index contributed by atoms with van der Waals surface area (Å²) in [5, 5.41) is 4.16. The van der Waals surface area contributed by atoms with Gasteiger partial charge in [-0.25, -0.2) is 4.98 Å². The van der Waals surface area contributed by atoms with E-state index in [0.29, 0.717) is 12.0 Å². The fraction of sp³-hybridized carbons (Fsp3) is 0.800. The number of amides is 1. The highest BCUT2D eigenvalue weighted by atomic mass is 16.2. The van der Waals surface area contributed by atoms with E-state index in [4.69, 9.17) is 0 Å². The third-order valence-electron chi connectivity index (χ3n) is 4.99. The van der Waals surface area contributed by atoms with Crippen molar-refractivity contribution in [2.24, 2.45) is 5.92 Å². The Morgan fingerprint density at radius 1 is 1.18 bits per heavy atom. The monoisotopic (exact) mass is 306 g/mol. The molecule has 2 fully saturated rings. The van der Waals surface area contributed by atoms with Crippen molar-refractivity contribution >= 4 is 5.91 Å². The van der Waals surface area contributed by atoms with Gasteiger partial charge in [-0.05, 0) is 5.92 Å². The van der Waals surface area contributed by atoms with Crippen LogP contribution >= 0.6 is 0 Å². The van der Waals surface area contributed by atoms with Crippen LogP contribution in [0.3, 0.4) is 0 Å². The summed E-state index contributed by atoms with van der Waals surface area (Å²) in [4.78, 5) is 22.5. The summed E-state index contributed by atoms with van der Waals surface area (Å²) in [6, 6.07) is 0.616. The molecule has 3 heterocycles. The zero-order valence-corrected chi connectivity index (χ0v) is 13.6. The zero-order valence-electron chi connectivity index (χ0n) is 13.6. The molecule has 0 aromatic carbocycles. The summed E-state index contributed by atoms with van der Waals surface area (Å²) >= 11 is 0. The molecule has 2 saturated heterocycles. The molecule has 2 aliphatic rings. The number of carbonyl (C=O) groups is 1. The van der Waals surface area contributed by atoms with Crippen molar-refractivity contribution in [3.05, 3.63) is 12.7 Å². The number of carbonyl (C=O) groups excluding carboxylic acids is 1. The van der Waals surface area contributed by atoms with Gasteiger partial charge in [0.05, 0.1) is 6.54 Å². The maximum atomic E-state index is 11.4. The molecule has 0 radical (unpaired) electrons. The molecule has 7 nitrogen and oxygen atoms in total. The van der Waals surface area contributed by atoms with E-state index >= 15 is 0 Å². The Bertz CT molecular complexity index is 482. The number of aromatic nitrogens is 3. The van der Waals surface area contributed by atoms with E-state index in [1.807, 2.05) is 9.58 Å². The average molecular weight is 306 g/mol. The maximum absolute atomic E-state index is 11.4. The number of hydrogen-bond acceptors (Lipinski definition) is 5. The SMILES string of the molecule is CC(=O)N1CCN([C@H]2CN(CCn3cncn3)C[C@H]2C)CC1. The first-order valence-electron chi connectivity index (χ1n) is 8.18. The minimum atomic E-state index is 0.202. The third-order valence-corrected chi connectivity index (χ3v) is 4.99. The molecule has 22 heavy (non-hydrogen) atoms. The Hall–Kier alpha value is -1.47.